The minimum atomic E-state index is -0.128. The van der Waals surface area contributed by atoms with Gasteiger partial charge in [0.05, 0.1) is 10.9 Å². The van der Waals surface area contributed by atoms with E-state index >= 15 is 0 Å². The van der Waals surface area contributed by atoms with E-state index in [-0.39, 0.29) is 17.5 Å². The van der Waals surface area contributed by atoms with Gasteiger partial charge in [0, 0.05) is 25.4 Å². The van der Waals surface area contributed by atoms with E-state index in [0.717, 1.165) is 12.0 Å². The van der Waals surface area contributed by atoms with E-state index in [2.05, 4.69) is 23.8 Å². The molecule has 2 aromatic carbocycles. The van der Waals surface area contributed by atoms with E-state index in [4.69, 9.17) is 0 Å². The van der Waals surface area contributed by atoms with E-state index in [1.54, 1.807) is 6.07 Å². The summed E-state index contributed by atoms with van der Waals surface area (Å²) >= 11 is 0. The lowest BCUT2D eigenvalue weighted by molar-refractivity contribution is -0.134. The van der Waals surface area contributed by atoms with Crippen LogP contribution < -0.4 is 5.56 Å². The molecule has 0 saturated carbocycles. The summed E-state index contributed by atoms with van der Waals surface area (Å²) in [6, 6.07) is 17.6. The topological polar surface area (TPSA) is 66.1 Å². The SMILES string of the molecule is CCC(C)N(Cc1ccccc1)C(=O)CCCc1nc2ccccc2c(=O)[nH]1. The van der Waals surface area contributed by atoms with Gasteiger partial charge in [-0.25, -0.2) is 4.98 Å². The number of H-pyrrole nitrogens is 1. The summed E-state index contributed by atoms with van der Waals surface area (Å²) in [5.41, 5.74) is 1.70. The monoisotopic (exact) mass is 377 g/mol. The molecule has 0 spiro atoms. The zero-order valence-corrected chi connectivity index (χ0v) is 16.5. The van der Waals surface area contributed by atoms with Gasteiger partial charge in [-0.05, 0) is 37.5 Å². The third kappa shape index (κ3) is 4.85. The number of fused-ring (bicyclic) bond motifs is 1. The number of aromatic amines is 1. The molecule has 0 radical (unpaired) electrons. The lowest BCUT2D eigenvalue weighted by atomic mass is 10.1. The summed E-state index contributed by atoms with van der Waals surface area (Å²) in [6.07, 6.45) is 2.58. The first-order valence-electron chi connectivity index (χ1n) is 9.89. The van der Waals surface area contributed by atoms with Crippen LogP contribution in [0.2, 0.25) is 0 Å². The van der Waals surface area contributed by atoms with E-state index < -0.39 is 0 Å². The quantitative estimate of drug-likeness (QED) is 0.643. The van der Waals surface area contributed by atoms with Gasteiger partial charge in [0.25, 0.3) is 5.56 Å². The average Bonchev–Trinajstić information content (AvgIpc) is 2.72. The fourth-order valence-corrected chi connectivity index (χ4v) is 3.29. The lowest BCUT2D eigenvalue weighted by Crippen LogP contribution is -2.37. The number of carbonyl (C=O) groups is 1. The normalized spacial score (nSPS) is 12.1. The Labute approximate surface area is 165 Å². The van der Waals surface area contributed by atoms with Gasteiger partial charge in [0.15, 0.2) is 0 Å². The average molecular weight is 377 g/mol. The fraction of sp³-hybridized carbons (Fsp3) is 0.348. The summed E-state index contributed by atoms with van der Waals surface area (Å²) in [7, 11) is 0. The first-order chi connectivity index (χ1) is 13.6. The first-order valence-corrected chi connectivity index (χ1v) is 9.89. The Morgan fingerprint density at radius 2 is 1.82 bits per heavy atom. The van der Waals surface area contributed by atoms with Crippen LogP contribution in [-0.2, 0) is 17.8 Å². The predicted octanol–water partition coefficient (Wildman–Crippen LogP) is 4.07. The molecule has 5 nitrogen and oxygen atoms in total. The minimum absolute atomic E-state index is 0.128. The van der Waals surface area contributed by atoms with Gasteiger partial charge in [0.1, 0.15) is 5.82 Å². The maximum atomic E-state index is 12.9. The zero-order valence-electron chi connectivity index (χ0n) is 16.5. The molecular weight excluding hydrogens is 350 g/mol. The molecule has 5 heteroatoms. The number of aromatic nitrogens is 2. The van der Waals surface area contributed by atoms with Crippen molar-refractivity contribution in [2.24, 2.45) is 0 Å². The van der Waals surface area contributed by atoms with Crippen LogP contribution >= 0.6 is 0 Å². The Morgan fingerprint density at radius 1 is 1.11 bits per heavy atom. The maximum absolute atomic E-state index is 12.9. The molecule has 1 aromatic heterocycles. The third-order valence-corrected chi connectivity index (χ3v) is 5.11. The van der Waals surface area contributed by atoms with Crippen LogP contribution in [0.5, 0.6) is 0 Å². The van der Waals surface area contributed by atoms with Crippen molar-refractivity contribution >= 4 is 16.8 Å². The summed E-state index contributed by atoms with van der Waals surface area (Å²) in [6.45, 7) is 4.81. The zero-order chi connectivity index (χ0) is 19.9. The molecule has 3 aromatic rings. The lowest BCUT2D eigenvalue weighted by Gasteiger charge is -2.29. The largest absolute Gasteiger partial charge is 0.336 e. The number of hydrogen-bond donors (Lipinski definition) is 1. The van der Waals surface area contributed by atoms with Gasteiger partial charge in [-0.1, -0.05) is 49.4 Å². The summed E-state index contributed by atoms with van der Waals surface area (Å²) < 4.78 is 0. The van der Waals surface area contributed by atoms with Crippen LogP contribution in [0, 0.1) is 0 Å². The predicted molar refractivity (Wildman–Crippen MR) is 112 cm³/mol. The Bertz CT molecular complexity index is 982. The summed E-state index contributed by atoms with van der Waals surface area (Å²) in [5.74, 6) is 0.774. The molecule has 1 N–H and O–H groups in total. The van der Waals surface area contributed by atoms with Gasteiger partial charge >= 0.3 is 0 Å². The molecule has 146 valence electrons. The minimum Gasteiger partial charge on any atom is -0.336 e. The van der Waals surface area contributed by atoms with E-state index in [1.165, 1.54) is 0 Å². The number of para-hydroxylation sites is 1. The number of nitrogens with zero attached hydrogens (tertiary/aromatic N) is 2. The molecule has 0 fully saturated rings. The molecule has 0 aliphatic rings. The van der Waals surface area contributed by atoms with Crippen molar-refractivity contribution in [1.82, 2.24) is 14.9 Å². The number of aryl methyl sites for hydroxylation is 1. The van der Waals surface area contributed by atoms with Gasteiger partial charge in [-0.3, -0.25) is 9.59 Å². The van der Waals surface area contributed by atoms with Crippen molar-refractivity contribution in [3.8, 4) is 0 Å². The smallest absolute Gasteiger partial charge is 0.258 e. The number of rotatable bonds is 8. The second-order valence-corrected chi connectivity index (χ2v) is 7.15. The molecule has 0 aliphatic carbocycles. The van der Waals surface area contributed by atoms with Crippen LogP contribution in [0.25, 0.3) is 10.9 Å². The third-order valence-electron chi connectivity index (χ3n) is 5.11. The van der Waals surface area contributed by atoms with Crippen molar-refractivity contribution in [3.05, 3.63) is 76.3 Å². The number of nitrogens with one attached hydrogen (secondary N) is 1. The van der Waals surface area contributed by atoms with E-state index in [0.29, 0.717) is 42.5 Å². The van der Waals surface area contributed by atoms with E-state index in [1.807, 2.05) is 53.4 Å². The van der Waals surface area contributed by atoms with E-state index in [9.17, 15) is 9.59 Å². The van der Waals surface area contributed by atoms with Crippen LogP contribution in [-0.4, -0.2) is 26.8 Å². The number of hydrogen-bond acceptors (Lipinski definition) is 3. The second kappa shape index (κ2) is 9.31. The van der Waals surface area contributed by atoms with Crippen molar-refractivity contribution in [2.75, 3.05) is 0 Å². The standard InChI is InChI=1S/C23H27N3O2/c1-3-17(2)26(16-18-10-5-4-6-11-18)22(27)15-9-14-21-24-20-13-8-7-12-19(20)23(28)25-21/h4-8,10-13,17H,3,9,14-16H2,1-2H3,(H,24,25,28). The Balaban J connectivity index is 1.63. The van der Waals surface area contributed by atoms with Crippen LogP contribution in [0.1, 0.15) is 44.5 Å². The number of carbonyl (C=O) groups excluding carboxylic acids is 1. The van der Waals surface area contributed by atoms with Crippen LogP contribution in [0.15, 0.2) is 59.4 Å². The summed E-state index contributed by atoms with van der Waals surface area (Å²) in [5, 5.41) is 0.591. The van der Waals surface area contributed by atoms with Gasteiger partial charge in [-0.2, -0.15) is 0 Å². The fourth-order valence-electron chi connectivity index (χ4n) is 3.29. The van der Waals surface area contributed by atoms with Crippen LogP contribution in [0.4, 0.5) is 0 Å². The molecular formula is C23H27N3O2. The molecule has 28 heavy (non-hydrogen) atoms. The number of benzene rings is 2. The molecule has 1 unspecified atom stereocenters. The highest BCUT2D eigenvalue weighted by molar-refractivity contribution is 5.77. The van der Waals surface area contributed by atoms with Crippen LogP contribution in [0.3, 0.4) is 0 Å². The van der Waals surface area contributed by atoms with Crippen molar-refractivity contribution in [2.45, 2.75) is 52.1 Å². The molecule has 0 saturated heterocycles. The molecule has 1 heterocycles. The first kappa shape index (κ1) is 19.8. The second-order valence-electron chi connectivity index (χ2n) is 7.15. The Kier molecular flexibility index (Phi) is 6.58. The molecule has 3 rings (SSSR count). The van der Waals surface area contributed by atoms with Gasteiger partial charge in [0.2, 0.25) is 5.91 Å². The highest BCUT2D eigenvalue weighted by Gasteiger charge is 2.19. The Hall–Kier alpha value is -2.95. The van der Waals surface area contributed by atoms with Crippen molar-refractivity contribution < 1.29 is 4.79 Å². The molecule has 1 amide bonds. The molecule has 0 bridgehead atoms. The number of amides is 1. The van der Waals surface area contributed by atoms with Gasteiger partial charge < -0.3 is 9.88 Å². The summed E-state index contributed by atoms with van der Waals surface area (Å²) in [4.78, 5) is 34.3. The molecule has 1 atom stereocenters. The Morgan fingerprint density at radius 3 is 2.57 bits per heavy atom. The highest BCUT2D eigenvalue weighted by Crippen LogP contribution is 2.14. The van der Waals surface area contributed by atoms with Crippen molar-refractivity contribution in [1.29, 1.82) is 0 Å². The maximum Gasteiger partial charge on any atom is 0.258 e. The van der Waals surface area contributed by atoms with Gasteiger partial charge in [-0.15, -0.1) is 0 Å². The van der Waals surface area contributed by atoms with Crippen molar-refractivity contribution in [3.63, 3.8) is 0 Å². The molecule has 0 aliphatic heterocycles. The highest BCUT2D eigenvalue weighted by atomic mass is 16.2.